The third-order valence-corrected chi connectivity index (χ3v) is 3.61. The van der Waals surface area contributed by atoms with E-state index in [1.165, 1.54) is 0 Å². The van der Waals surface area contributed by atoms with E-state index in [9.17, 15) is 9.59 Å². The van der Waals surface area contributed by atoms with Crippen molar-refractivity contribution in [2.45, 2.75) is 31.6 Å². The molecule has 1 aliphatic carbocycles. The fourth-order valence-corrected chi connectivity index (χ4v) is 2.41. The van der Waals surface area contributed by atoms with Gasteiger partial charge in [-0.05, 0) is 36.6 Å². The Hall–Kier alpha value is -1.64. The second kappa shape index (κ2) is 2.94. The highest BCUT2D eigenvalue weighted by Gasteiger charge is 2.56. The van der Waals surface area contributed by atoms with E-state index in [0.717, 1.165) is 29.7 Å². The molecule has 82 valence electrons. The average molecular weight is 215 g/mol. The van der Waals surface area contributed by atoms with E-state index >= 15 is 0 Å². The standard InChI is InChI=1S/C13H13NO2/c1-2-11(15)8-3-4-10-9(7-8)13(5-6-13)12(16)14-10/h3-4,7H,2,5-6H2,1H3,(H,14,16). The molecule has 3 rings (SSSR count). The Labute approximate surface area is 93.8 Å². The minimum Gasteiger partial charge on any atom is -0.325 e. The number of fused-ring (bicyclic) bond motifs is 2. The van der Waals surface area contributed by atoms with Gasteiger partial charge in [-0.1, -0.05) is 6.92 Å². The van der Waals surface area contributed by atoms with E-state index in [1.807, 2.05) is 19.1 Å². The van der Waals surface area contributed by atoms with Crippen LogP contribution in [0.2, 0.25) is 0 Å². The number of carbonyl (C=O) groups excluding carboxylic acids is 2. The molecule has 1 fully saturated rings. The van der Waals surface area contributed by atoms with Crippen molar-refractivity contribution >= 4 is 17.4 Å². The molecule has 1 amide bonds. The van der Waals surface area contributed by atoms with Crippen molar-refractivity contribution in [3.05, 3.63) is 29.3 Å². The summed E-state index contributed by atoms with van der Waals surface area (Å²) in [5.74, 6) is 0.238. The molecule has 3 nitrogen and oxygen atoms in total. The third-order valence-electron chi connectivity index (χ3n) is 3.61. The molecule has 0 bridgehead atoms. The van der Waals surface area contributed by atoms with Crippen molar-refractivity contribution in [3.8, 4) is 0 Å². The van der Waals surface area contributed by atoms with Crippen LogP contribution < -0.4 is 5.32 Å². The molecule has 3 heteroatoms. The van der Waals surface area contributed by atoms with Crippen LogP contribution in [-0.4, -0.2) is 11.7 Å². The maximum absolute atomic E-state index is 11.8. The second-order valence-corrected chi connectivity index (χ2v) is 4.57. The van der Waals surface area contributed by atoms with Gasteiger partial charge < -0.3 is 5.32 Å². The molecule has 1 aromatic rings. The number of ketones is 1. The lowest BCUT2D eigenvalue weighted by atomic mass is 9.94. The number of benzene rings is 1. The zero-order valence-electron chi connectivity index (χ0n) is 9.17. The van der Waals surface area contributed by atoms with Gasteiger partial charge in [0.1, 0.15) is 0 Å². The van der Waals surface area contributed by atoms with Gasteiger partial charge in [0.25, 0.3) is 0 Å². The lowest BCUT2D eigenvalue weighted by Gasteiger charge is -2.06. The van der Waals surface area contributed by atoms with Gasteiger partial charge in [-0.3, -0.25) is 9.59 Å². The first-order valence-corrected chi connectivity index (χ1v) is 5.66. The van der Waals surface area contributed by atoms with Gasteiger partial charge in [0.05, 0.1) is 5.41 Å². The molecular weight excluding hydrogens is 202 g/mol. The van der Waals surface area contributed by atoms with Crippen molar-refractivity contribution in [1.29, 1.82) is 0 Å². The predicted molar refractivity (Wildman–Crippen MR) is 60.6 cm³/mol. The molecule has 1 aliphatic heterocycles. The number of carbonyl (C=O) groups is 2. The van der Waals surface area contributed by atoms with Crippen LogP contribution in [0.3, 0.4) is 0 Å². The third kappa shape index (κ3) is 1.08. The van der Waals surface area contributed by atoms with Gasteiger partial charge in [0, 0.05) is 17.7 Å². The van der Waals surface area contributed by atoms with Crippen molar-refractivity contribution in [1.82, 2.24) is 0 Å². The van der Waals surface area contributed by atoms with Crippen molar-refractivity contribution in [2.75, 3.05) is 5.32 Å². The van der Waals surface area contributed by atoms with Crippen molar-refractivity contribution in [3.63, 3.8) is 0 Å². The van der Waals surface area contributed by atoms with E-state index in [2.05, 4.69) is 5.32 Å². The van der Waals surface area contributed by atoms with Crippen LogP contribution in [0.15, 0.2) is 18.2 Å². The van der Waals surface area contributed by atoms with Gasteiger partial charge in [0.2, 0.25) is 5.91 Å². The zero-order chi connectivity index (χ0) is 11.3. The normalized spacial score (nSPS) is 19.4. The van der Waals surface area contributed by atoms with Crippen LogP contribution in [0.25, 0.3) is 0 Å². The van der Waals surface area contributed by atoms with Crippen molar-refractivity contribution < 1.29 is 9.59 Å². The van der Waals surface area contributed by atoms with Crippen LogP contribution in [0.4, 0.5) is 5.69 Å². The topological polar surface area (TPSA) is 46.2 Å². The molecule has 1 heterocycles. The monoisotopic (exact) mass is 215 g/mol. The largest absolute Gasteiger partial charge is 0.325 e. The van der Waals surface area contributed by atoms with Gasteiger partial charge >= 0.3 is 0 Å². The van der Waals surface area contributed by atoms with Crippen LogP contribution >= 0.6 is 0 Å². The van der Waals surface area contributed by atoms with E-state index in [-0.39, 0.29) is 17.1 Å². The molecule has 1 saturated carbocycles. The van der Waals surface area contributed by atoms with E-state index in [0.29, 0.717) is 6.42 Å². The summed E-state index contributed by atoms with van der Waals surface area (Å²) < 4.78 is 0. The minimum absolute atomic E-state index is 0.101. The quantitative estimate of drug-likeness (QED) is 0.769. The fraction of sp³-hybridized carbons (Fsp3) is 0.385. The van der Waals surface area contributed by atoms with E-state index in [1.54, 1.807) is 6.07 Å². The summed E-state index contributed by atoms with van der Waals surface area (Å²) in [6, 6.07) is 5.54. The van der Waals surface area contributed by atoms with Gasteiger partial charge in [0.15, 0.2) is 5.78 Å². The van der Waals surface area contributed by atoms with Gasteiger partial charge in [-0.25, -0.2) is 0 Å². The van der Waals surface area contributed by atoms with Gasteiger partial charge in [-0.15, -0.1) is 0 Å². The summed E-state index contributed by atoms with van der Waals surface area (Å²) in [4.78, 5) is 23.4. The number of amides is 1. The van der Waals surface area contributed by atoms with Crippen LogP contribution in [0, 0.1) is 0 Å². The first-order valence-electron chi connectivity index (χ1n) is 5.66. The molecule has 0 saturated heterocycles. The number of nitrogens with one attached hydrogen (secondary N) is 1. The van der Waals surface area contributed by atoms with Crippen LogP contribution in [0.1, 0.15) is 42.1 Å². The van der Waals surface area contributed by atoms with Gasteiger partial charge in [-0.2, -0.15) is 0 Å². The molecule has 1 spiro atoms. The molecule has 0 radical (unpaired) electrons. The molecule has 0 aromatic heterocycles. The summed E-state index contributed by atoms with van der Waals surface area (Å²) in [7, 11) is 0. The maximum Gasteiger partial charge on any atom is 0.235 e. The summed E-state index contributed by atoms with van der Waals surface area (Å²) in [6.45, 7) is 1.85. The Balaban J connectivity index is 2.10. The Kier molecular flexibility index (Phi) is 1.76. The highest BCUT2D eigenvalue weighted by molar-refractivity contribution is 6.09. The number of hydrogen-bond acceptors (Lipinski definition) is 2. The lowest BCUT2D eigenvalue weighted by molar-refractivity contribution is -0.117. The molecule has 16 heavy (non-hydrogen) atoms. The first kappa shape index (κ1) is 9.58. The summed E-state index contributed by atoms with van der Waals surface area (Å²) in [5, 5.41) is 2.88. The predicted octanol–water partition coefficient (Wildman–Crippen LogP) is 2.26. The number of hydrogen-bond donors (Lipinski definition) is 1. The maximum atomic E-state index is 11.8. The molecule has 0 unspecified atom stereocenters. The fourth-order valence-electron chi connectivity index (χ4n) is 2.41. The summed E-state index contributed by atoms with van der Waals surface area (Å²) >= 11 is 0. The summed E-state index contributed by atoms with van der Waals surface area (Å²) in [5.41, 5.74) is 2.34. The Morgan fingerprint density at radius 3 is 2.81 bits per heavy atom. The number of anilines is 1. The highest BCUT2D eigenvalue weighted by atomic mass is 16.2. The molecule has 0 atom stereocenters. The van der Waals surface area contributed by atoms with Crippen LogP contribution in [-0.2, 0) is 10.2 Å². The average Bonchev–Trinajstić information content (AvgIpc) is 3.04. The highest BCUT2D eigenvalue weighted by Crippen LogP contribution is 2.55. The molecule has 1 aromatic carbocycles. The SMILES string of the molecule is CCC(=O)c1ccc2c(c1)C1(CC1)C(=O)N2. The molecule has 1 N–H and O–H groups in total. The number of Topliss-reactive ketones (excluding diaryl/α,β-unsaturated/α-hetero) is 1. The Morgan fingerprint density at radius 2 is 2.19 bits per heavy atom. The Bertz CT molecular complexity index is 501. The zero-order valence-corrected chi connectivity index (χ0v) is 9.17. The van der Waals surface area contributed by atoms with E-state index in [4.69, 9.17) is 0 Å². The second-order valence-electron chi connectivity index (χ2n) is 4.57. The minimum atomic E-state index is -0.292. The van der Waals surface area contributed by atoms with E-state index < -0.39 is 0 Å². The first-order chi connectivity index (χ1) is 7.67. The Morgan fingerprint density at radius 1 is 1.44 bits per heavy atom. The number of rotatable bonds is 2. The molecule has 2 aliphatic rings. The molecular formula is C13H13NO2. The van der Waals surface area contributed by atoms with Crippen molar-refractivity contribution in [2.24, 2.45) is 0 Å². The van der Waals surface area contributed by atoms with Crippen LogP contribution in [0.5, 0.6) is 0 Å². The smallest absolute Gasteiger partial charge is 0.235 e. The lowest BCUT2D eigenvalue weighted by Crippen LogP contribution is -2.18. The summed E-state index contributed by atoms with van der Waals surface area (Å²) in [6.07, 6.45) is 2.33.